The Bertz CT molecular complexity index is 929. The SMILES string of the molecule is COc1cc(C)c(-c2cc(Sc3cccc(O)c3)nc(N)n2)cc1C. The van der Waals surface area contributed by atoms with Crippen LogP contribution in [0.25, 0.3) is 11.3 Å². The van der Waals surface area contributed by atoms with E-state index in [-0.39, 0.29) is 11.7 Å². The van der Waals surface area contributed by atoms with E-state index in [1.807, 2.05) is 38.1 Å². The van der Waals surface area contributed by atoms with E-state index >= 15 is 0 Å². The van der Waals surface area contributed by atoms with Crippen molar-refractivity contribution in [2.75, 3.05) is 12.8 Å². The Morgan fingerprint density at radius 3 is 2.56 bits per heavy atom. The van der Waals surface area contributed by atoms with Crippen LogP contribution in [0.2, 0.25) is 0 Å². The molecule has 1 heterocycles. The van der Waals surface area contributed by atoms with Gasteiger partial charge in [-0.25, -0.2) is 9.97 Å². The minimum absolute atomic E-state index is 0.216. The molecule has 0 aliphatic carbocycles. The van der Waals surface area contributed by atoms with Gasteiger partial charge in [-0.1, -0.05) is 17.8 Å². The normalized spacial score (nSPS) is 10.7. The number of aryl methyl sites for hydroxylation is 2. The van der Waals surface area contributed by atoms with Crippen LogP contribution in [0.1, 0.15) is 11.1 Å². The predicted octanol–water partition coefficient (Wildman–Crippen LogP) is 4.21. The van der Waals surface area contributed by atoms with E-state index in [1.165, 1.54) is 11.8 Å². The van der Waals surface area contributed by atoms with Crippen LogP contribution < -0.4 is 10.5 Å². The number of methoxy groups -OCH3 is 1. The Balaban J connectivity index is 2.01. The molecule has 3 N–H and O–H groups in total. The molecule has 0 saturated heterocycles. The van der Waals surface area contributed by atoms with E-state index in [0.29, 0.717) is 0 Å². The minimum Gasteiger partial charge on any atom is -0.508 e. The molecule has 0 amide bonds. The molecule has 0 bridgehead atoms. The summed E-state index contributed by atoms with van der Waals surface area (Å²) in [4.78, 5) is 9.56. The number of ether oxygens (including phenoxy) is 1. The second kappa shape index (κ2) is 7.03. The first-order valence-electron chi connectivity index (χ1n) is 7.73. The molecule has 128 valence electrons. The number of anilines is 1. The van der Waals surface area contributed by atoms with E-state index in [9.17, 15) is 5.11 Å². The lowest BCUT2D eigenvalue weighted by Gasteiger charge is -2.12. The maximum Gasteiger partial charge on any atom is 0.221 e. The Hall–Kier alpha value is -2.73. The molecule has 0 saturated carbocycles. The third-order valence-corrected chi connectivity index (χ3v) is 4.69. The van der Waals surface area contributed by atoms with Crippen molar-refractivity contribution in [3.8, 4) is 22.8 Å². The van der Waals surface area contributed by atoms with Gasteiger partial charge in [0.25, 0.3) is 0 Å². The monoisotopic (exact) mass is 353 g/mol. The zero-order valence-corrected chi connectivity index (χ0v) is 15.1. The van der Waals surface area contributed by atoms with Gasteiger partial charge >= 0.3 is 0 Å². The van der Waals surface area contributed by atoms with E-state index in [1.54, 1.807) is 25.3 Å². The minimum atomic E-state index is 0.216. The molecule has 0 aliphatic rings. The van der Waals surface area contributed by atoms with Crippen LogP contribution >= 0.6 is 11.8 Å². The molecule has 0 fully saturated rings. The summed E-state index contributed by atoms with van der Waals surface area (Å²) >= 11 is 1.43. The van der Waals surface area contributed by atoms with Gasteiger partial charge in [-0.05, 0) is 61.4 Å². The molecule has 3 aromatic rings. The fourth-order valence-electron chi connectivity index (χ4n) is 2.59. The fraction of sp³-hybridized carbons (Fsp3) is 0.158. The molecule has 3 rings (SSSR count). The average molecular weight is 353 g/mol. The first-order chi connectivity index (χ1) is 12.0. The number of aromatic hydroxyl groups is 1. The molecular formula is C19H19N3O2S. The standard InChI is InChI=1S/C19H19N3O2S/c1-11-8-17(24-3)12(2)7-15(11)16-10-18(22-19(20)21-16)25-14-6-4-5-13(23)9-14/h4-10,23H,1-3H3,(H2,20,21,22). The van der Waals surface area contributed by atoms with Gasteiger partial charge in [0.15, 0.2) is 0 Å². The van der Waals surface area contributed by atoms with Crippen molar-refractivity contribution in [2.24, 2.45) is 0 Å². The first kappa shape index (κ1) is 17.1. The van der Waals surface area contributed by atoms with Crippen LogP contribution in [0, 0.1) is 13.8 Å². The lowest BCUT2D eigenvalue weighted by Crippen LogP contribution is -1.99. The summed E-state index contributed by atoms with van der Waals surface area (Å²) in [5.74, 6) is 1.28. The number of hydrogen-bond acceptors (Lipinski definition) is 6. The molecule has 0 radical (unpaired) electrons. The predicted molar refractivity (Wildman–Crippen MR) is 100 cm³/mol. The maximum atomic E-state index is 9.61. The average Bonchev–Trinajstić information content (AvgIpc) is 2.56. The molecule has 25 heavy (non-hydrogen) atoms. The second-order valence-corrected chi connectivity index (χ2v) is 6.78. The Kier molecular flexibility index (Phi) is 4.81. The van der Waals surface area contributed by atoms with Crippen molar-refractivity contribution < 1.29 is 9.84 Å². The van der Waals surface area contributed by atoms with Gasteiger partial charge in [0.1, 0.15) is 16.5 Å². The summed E-state index contributed by atoms with van der Waals surface area (Å²) < 4.78 is 5.37. The molecule has 6 heteroatoms. The quantitative estimate of drug-likeness (QED) is 0.684. The van der Waals surface area contributed by atoms with Crippen LogP contribution in [-0.4, -0.2) is 22.2 Å². The van der Waals surface area contributed by atoms with Crippen LogP contribution in [0.15, 0.2) is 52.4 Å². The highest BCUT2D eigenvalue weighted by molar-refractivity contribution is 7.99. The van der Waals surface area contributed by atoms with Crippen molar-refractivity contribution in [2.45, 2.75) is 23.8 Å². The molecule has 0 spiro atoms. The smallest absolute Gasteiger partial charge is 0.221 e. The van der Waals surface area contributed by atoms with Crippen molar-refractivity contribution in [3.63, 3.8) is 0 Å². The van der Waals surface area contributed by atoms with E-state index in [4.69, 9.17) is 10.5 Å². The summed E-state index contributed by atoms with van der Waals surface area (Å²) in [6, 6.07) is 13.0. The first-order valence-corrected chi connectivity index (χ1v) is 8.55. The van der Waals surface area contributed by atoms with E-state index in [0.717, 1.165) is 38.1 Å². The van der Waals surface area contributed by atoms with Gasteiger partial charge in [0, 0.05) is 10.5 Å². The molecule has 5 nitrogen and oxygen atoms in total. The number of nitrogens with two attached hydrogens (primary N) is 1. The highest BCUT2D eigenvalue weighted by atomic mass is 32.2. The summed E-state index contributed by atoms with van der Waals surface area (Å²) in [5.41, 5.74) is 9.75. The third-order valence-electron chi connectivity index (χ3n) is 3.78. The van der Waals surface area contributed by atoms with Gasteiger partial charge in [-0.2, -0.15) is 0 Å². The molecular weight excluding hydrogens is 334 g/mol. The van der Waals surface area contributed by atoms with Crippen LogP contribution in [0.3, 0.4) is 0 Å². The van der Waals surface area contributed by atoms with Crippen molar-refractivity contribution in [1.29, 1.82) is 0 Å². The molecule has 0 unspecified atom stereocenters. The molecule has 0 aliphatic heterocycles. The zero-order valence-electron chi connectivity index (χ0n) is 14.3. The Morgan fingerprint density at radius 1 is 1.04 bits per heavy atom. The maximum absolute atomic E-state index is 9.61. The number of hydrogen-bond donors (Lipinski definition) is 2. The highest BCUT2D eigenvalue weighted by Crippen LogP contribution is 2.33. The van der Waals surface area contributed by atoms with Crippen molar-refractivity contribution >= 4 is 17.7 Å². The Labute approximate surface area is 150 Å². The number of nitrogens with zero attached hydrogens (tertiary/aromatic N) is 2. The molecule has 0 atom stereocenters. The summed E-state index contributed by atoms with van der Waals surface area (Å²) in [5, 5.41) is 10.3. The third kappa shape index (κ3) is 3.85. The number of phenols is 1. The van der Waals surface area contributed by atoms with Crippen LogP contribution in [-0.2, 0) is 0 Å². The van der Waals surface area contributed by atoms with Gasteiger partial charge < -0.3 is 15.6 Å². The van der Waals surface area contributed by atoms with Crippen molar-refractivity contribution in [1.82, 2.24) is 9.97 Å². The van der Waals surface area contributed by atoms with Crippen molar-refractivity contribution in [3.05, 3.63) is 53.6 Å². The van der Waals surface area contributed by atoms with E-state index < -0.39 is 0 Å². The molecule has 2 aromatic carbocycles. The van der Waals surface area contributed by atoms with E-state index in [2.05, 4.69) is 9.97 Å². The zero-order chi connectivity index (χ0) is 18.0. The Morgan fingerprint density at radius 2 is 1.84 bits per heavy atom. The summed E-state index contributed by atoms with van der Waals surface area (Å²) in [7, 11) is 1.66. The largest absolute Gasteiger partial charge is 0.508 e. The van der Waals surface area contributed by atoms with Crippen LogP contribution in [0.4, 0.5) is 5.95 Å². The number of benzene rings is 2. The number of rotatable bonds is 4. The van der Waals surface area contributed by atoms with Gasteiger partial charge in [-0.15, -0.1) is 0 Å². The van der Waals surface area contributed by atoms with Gasteiger partial charge in [-0.3, -0.25) is 0 Å². The van der Waals surface area contributed by atoms with Gasteiger partial charge in [0.2, 0.25) is 5.95 Å². The second-order valence-electron chi connectivity index (χ2n) is 5.69. The number of nitrogen functional groups attached to an aromatic ring is 1. The number of phenolic OH excluding ortho intramolecular Hbond substituents is 1. The lowest BCUT2D eigenvalue weighted by molar-refractivity contribution is 0.411. The van der Waals surface area contributed by atoms with Gasteiger partial charge in [0.05, 0.1) is 12.8 Å². The summed E-state index contributed by atoms with van der Waals surface area (Å²) in [6.45, 7) is 4.01. The molecule has 1 aromatic heterocycles. The summed E-state index contributed by atoms with van der Waals surface area (Å²) in [6.07, 6.45) is 0. The number of aromatic nitrogens is 2. The van der Waals surface area contributed by atoms with Crippen LogP contribution in [0.5, 0.6) is 11.5 Å². The highest BCUT2D eigenvalue weighted by Gasteiger charge is 2.11. The topological polar surface area (TPSA) is 81.3 Å². The fourth-order valence-corrected chi connectivity index (χ4v) is 3.46. The lowest BCUT2D eigenvalue weighted by atomic mass is 10.0.